The van der Waals surface area contributed by atoms with Crippen LogP contribution in [0.5, 0.6) is 5.75 Å². The molecule has 0 radical (unpaired) electrons. The summed E-state index contributed by atoms with van der Waals surface area (Å²) in [6, 6.07) is 12.7. The Kier molecular flexibility index (Phi) is 4.10. The third-order valence-corrected chi connectivity index (χ3v) is 3.46. The summed E-state index contributed by atoms with van der Waals surface area (Å²) in [4.78, 5) is 0. The van der Waals surface area contributed by atoms with E-state index in [0.29, 0.717) is 0 Å². The number of nitrogens with one attached hydrogen (secondary N) is 1. The zero-order valence-corrected chi connectivity index (χ0v) is 12.1. The number of aryl methyl sites for hydroxylation is 3. The van der Waals surface area contributed by atoms with Crippen LogP contribution in [0.2, 0.25) is 0 Å². The molecule has 0 aliphatic carbocycles. The standard InChI is InChI=1S/C17H21NO/c1-12-5-6-15(9-13(12)2)11-18-16-7-8-17(19-4)14(3)10-16/h5-10,18H,11H2,1-4H3. The van der Waals surface area contributed by atoms with Gasteiger partial charge in [-0.3, -0.25) is 0 Å². The van der Waals surface area contributed by atoms with E-state index in [9.17, 15) is 0 Å². The average Bonchev–Trinajstić information content (AvgIpc) is 2.40. The molecular formula is C17H21NO. The van der Waals surface area contributed by atoms with Crippen molar-refractivity contribution >= 4 is 5.69 Å². The lowest BCUT2D eigenvalue weighted by atomic mass is 10.1. The molecule has 0 spiro atoms. The quantitative estimate of drug-likeness (QED) is 0.882. The van der Waals surface area contributed by atoms with E-state index in [1.807, 2.05) is 12.1 Å². The molecule has 19 heavy (non-hydrogen) atoms. The van der Waals surface area contributed by atoms with Crippen LogP contribution in [0.25, 0.3) is 0 Å². The predicted octanol–water partition coefficient (Wildman–Crippen LogP) is 4.23. The van der Waals surface area contributed by atoms with E-state index in [2.05, 4.69) is 50.4 Å². The second kappa shape index (κ2) is 5.79. The van der Waals surface area contributed by atoms with Gasteiger partial charge in [0.05, 0.1) is 7.11 Å². The molecule has 2 rings (SSSR count). The maximum absolute atomic E-state index is 5.26. The highest BCUT2D eigenvalue weighted by molar-refractivity contribution is 5.51. The Labute approximate surface area is 115 Å². The Morgan fingerprint density at radius 2 is 1.68 bits per heavy atom. The van der Waals surface area contributed by atoms with Gasteiger partial charge in [0.2, 0.25) is 0 Å². The van der Waals surface area contributed by atoms with Gasteiger partial charge in [-0.1, -0.05) is 18.2 Å². The maximum Gasteiger partial charge on any atom is 0.121 e. The molecule has 2 heteroatoms. The second-order valence-electron chi connectivity index (χ2n) is 4.96. The van der Waals surface area contributed by atoms with Gasteiger partial charge < -0.3 is 10.1 Å². The minimum absolute atomic E-state index is 0.840. The first kappa shape index (κ1) is 13.5. The summed E-state index contributed by atoms with van der Waals surface area (Å²) in [6.07, 6.45) is 0. The predicted molar refractivity (Wildman–Crippen MR) is 81.0 cm³/mol. The SMILES string of the molecule is COc1ccc(NCc2ccc(C)c(C)c2)cc1C. The molecule has 2 aromatic rings. The first-order valence-corrected chi connectivity index (χ1v) is 6.55. The minimum atomic E-state index is 0.840. The highest BCUT2D eigenvalue weighted by Crippen LogP contribution is 2.22. The number of hydrogen-bond acceptors (Lipinski definition) is 2. The largest absolute Gasteiger partial charge is 0.496 e. The number of benzene rings is 2. The van der Waals surface area contributed by atoms with E-state index in [1.165, 1.54) is 16.7 Å². The summed E-state index contributed by atoms with van der Waals surface area (Å²) >= 11 is 0. The molecule has 0 fully saturated rings. The summed E-state index contributed by atoms with van der Waals surface area (Å²) in [5, 5.41) is 3.44. The molecule has 0 saturated carbocycles. The Bertz CT molecular complexity index is 575. The third kappa shape index (κ3) is 3.28. The normalized spacial score (nSPS) is 10.3. The number of anilines is 1. The van der Waals surface area contributed by atoms with E-state index in [-0.39, 0.29) is 0 Å². The molecule has 0 amide bonds. The van der Waals surface area contributed by atoms with Crippen molar-refractivity contribution in [1.29, 1.82) is 0 Å². The Morgan fingerprint density at radius 1 is 0.895 bits per heavy atom. The van der Waals surface area contributed by atoms with Gasteiger partial charge in [-0.15, -0.1) is 0 Å². The summed E-state index contributed by atoms with van der Waals surface area (Å²) in [5.74, 6) is 0.928. The average molecular weight is 255 g/mol. The number of ether oxygens (including phenoxy) is 1. The topological polar surface area (TPSA) is 21.3 Å². The van der Waals surface area contributed by atoms with Crippen molar-refractivity contribution in [2.24, 2.45) is 0 Å². The van der Waals surface area contributed by atoms with Crippen LogP contribution in [-0.2, 0) is 6.54 Å². The maximum atomic E-state index is 5.26. The monoisotopic (exact) mass is 255 g/mol. The van der Waals surface area contributed by atoms with Crippen LogP contribution in [0.4, 0.5) is 5.69 Å². The van der Waals surface area contributed by atoms with Crippen molar-refractivity contribution in [3.8, 4) is 5.75 Å². The Balaban J connectivity index is 2.05. The lowest BCUT2D eigenvalue weighted by Crippen LogP contribution is -2.00. The summed E-state index contributed by atoms with van der Waals surface area (Å²) in [5.41, 5.74) is 6.25. The molecule has 0 unspecified atom stereocenters. The van der Waals surface area contributed by atoms with E-state index in [0.717, 1.165) is 23.5 Å². The van der Waals surface area contributed by atoms with Crippen molar-refractivity contribution in [2.75, 3.05) is 12.4 Å². The van der Waals surface area contributed by atoms with E-state index in [1.54, 1.807) is 7.11 Å². The molecule has 2 nitrogen and oxygen atoms in total. The first-order valence-electron chi connectivity index (χ1n) is 6.55. The fraction of sp³-hybridized carbons (Fsp3) is 0.294. The van der Waals surface area contributed by atoms with Crippen molar-refractivity contribution in [3.05, 3.63) is 58.7 Å². The molecule has 1 N–H and O–H groups in total. The van der Waals surface area contributed by atoms with Crippen molar-refractivity contribution < 1.29 is 4.74 Å². The smallest absolute Gasteiger partial charge is 0.121 e. The molecule has 2 aromatic carbocycles. The summed E-state index contributed by atoms with van der Waals surface area (Å²) in [7, 11) is 1.70. The highest BCUT2D eigenvalue weighted by atomic mass is 16.5. The molecule has 0 bridgehead atoms. The second-order valence-corrected chi connectivity index (χ2v) is 4.96. The van der Waals surface area contributed by atoms with Crippen molar-refractivity contribution in [2.45, 2.75) is 27.3 Å². The number of methoxy groups -OCH3 is 1. The van der Waals surface area contributed by atoms with Gasteiger partial charge in [-0.25, -0.2) is 0 Å². The number of rotatable bonds is 4. The number of hydrogen-bond donors (Lipinski definition) is 1. The summed E-state index contributed by atoms with van der Waals surface area (Å²) in [6.45, 7) is 7.18. The van der Waals surface area contributed by atoms with Gasteiger partial charge >= 0.3 is 0 Å². The van der Waals surface area contributed by atoms with Gasteiger partial charge in [-0.2, -0.15) is 0 Å². The van der Waals surface area contributed by atoms with Crippen LogP contribution in [0, 0.1) is 20.8 Å². The van der Waals surface area contributed by atoms with Gasteiger partial charge in [0.25, 0.3) is 0 Å². The van der Waals surface area contributed by atoms with Crippen LogP contribution >= 0.6 is 0 Å². The first-order chi connectivity index (χ1) is 9.10. The third-order valence-electron chi connectivity index (χ3n) is 3.46. The van der Waals surface area contributed by atoms with Gasteiger partial charge in [0.15, 0.2) is 0 Å². The zero-order chi connectivity index (χ0) is 13.8. The Hall–Kier alpha value is -1.96. The molecule has 0 atom stereocenters. The Morgan fingerprint density at radius 3 is 2.32 bits per heavy atom. The van der Waals surface area contributed by atoms with Gasteiger partial charge in [0, 0.05) is 12.2 Å². The van der Waals surface area contributed by atoms with Crippen LogP contribution in [0.3, 0.4) is 0 Å². The van der Waals surface area contributed by atoms with E-state index < -0.39 is 0 Å². The lowest BCUT2D eigenvalue weighted by Gasteiger charge is -2.11. The van der Waals surface area contributed by atoms with Crippen molar-refractivity contribution in [3.63, 3.8) is 0 Å². The minimum Gasteiger partial charge on any atom is -0.496 e. The molecular weight excluding hydrogens is 234 g/mol. The summed E-state index contributed by atoms with van der Waals surface area (Å²) < 4.78 is 5.26. The van der Waals surface area contributed by atoms with Crippen LogP contribution in [0.15, 0.2) is 36.4 Å². The lowest BCUT2D eigenvalue weighted by molar-refractivity contribution is 0.412. The van der Waals surface area contributed by atoms with Gasteiger partial charge in [0.1, 0.15) is 5.75 Å². The van der Waals surface area contributed by atoms with Crippen LogP contribution < -0.4 is 10.1 Å². The molecule has 0 aromatic heterocycles. The van der Waals surface area contributed by atoms with Crippen LogP contribution in [0.1, 0.15) is 22.3 Å². The molecule has 0 saturated heterocycles. The molecule has 0 aliphatic heterocycles. The fourth-order valence-electron chi connectivity index (χ4n) is 2.11. The molecule has 100 valence electrons. The van der Waals surface area contributed by atoms with E-state index >= 15 is 0 Å². The van der Waals surface area contributed by atoms with Gasteiger partial charge in [-0.05, 0) is 61.2 Å². The fourth-order valence-corrected chi connectivity index (χ4v) is 2.11. The van der Waals surface area contributed by atoms with Crippen molar-refractivity contribution in [1.82, 2.24) is 0 Å². The highest BCUT2D eigenvalue weighted by Gasteiger charge is 2.00. The van der Waals surface area contributed by atoms with E-state index in [4.69, 9.17) is 4.74 Å². The molecule has 0 heterocycles. The molecule has 0 aliphatic rings. The zero-order valence-electron chi connectivity index (χ0n) is 12.1. The van der Waals surface area contributed by atoms with Crippen LogP contribution in [-0.4, -0.2) is 7.11 Å².